The second kappa shape index (κ2) is 4.34. The number of rotatable bonds is 0. The molecule has 72 valence electrons. The Balaban J connectivity index is 2.31. The van der Waals surface area contributed by atoms with E-state index >= 15 is 0 Å². The third kappa shape index (κ3) is 2.38. The van der Waals surface area contributed by atoms with Gasteiger partial charge in [0.25, 0.3) is 0 Å². The van der Waals surface area contributed by atoms with E-state index in [2.05, 4.69) is 11.8 Å². The second-order valence-electron chi connectivity index (χ2n) is 3.13. The number of hydrogen-bond donors (Lipinski definition) is 1. The van der Waals surface area contributed by atoms with Crippen molar-refractivity contribution in [3.8, 4) is 17.6 Å². The molecule has 0 spiro atoms. The molecule has 0 aliphatic rings. The molecule has 0 radical (unpaired) electrons. The average Bonchev–Trinajstić information content (AvgIpc) is 2.29. The van der Waals surface area contributed by atoms with Gasteiger partial charge < -0.3 is 5.11 Å². The fourth-order valence-corrected chi connectivity index (χ4v) is 1.24. The standard InChI is InChI=1S/C14H10O/c15-14-9-5-4-8-13(14)11-10-12-6-2-1-3-7-12/h1-9,15H. The molecule has 2 aromatic rings. The van der Waals surface area contributed by atoms with Crippen LogP contribution in [-0.4, -0.2) is 5.11 Å². The van der Waals surface area contributed by atoms with Crippen LogP contribution in [0.2, 0.25) is 0 Å². The molecule has 0 aliphatic carbocycles. The van der Waals surface area contributed by atoms with Gasteiger partial charge in [-0.2, -0.15) is 0 Å². The van der Waals surface area contributed by atoms with Gasteiger partial charge >= 0.3 is 0 Å². The van der Waals surface area contributed by atoms with E-state index in [4.69, 9.17) is 0 Å². The van der Waals surface area contributed by atoms with E-state index in [0.29, 0.717) is 5.56 Å². The lowest BCUT2D eigenvalue weighted by Gasteiger charge is -1.93. The number of benzene rings is 2. The highest BCUT2D eigenvalue weighted by molar-refractivity contribution is 5.48. The van der Waals surface area contributed by atoms with Gasteiger partial charge in [-0.15, -0.1) is 0 Å². The normalized spacial score (nSPS) is 9.07. The van der Waals surface area contributed by atoms with Crippen molar-refractivity contribution in [1.29, 1.82) is 0 Å². The zero-order chi connectivity index (χ0) is 10.5. The summed E-state index contributed by atoms with van der Waals surface area (Å²) >= 11 is 0. The smallest absolute Gasteiger partial charge is 0.131 e. The Hall–Kier alpha value is -2.20. The molecule has 0 unspecified atom stereocenters. The third-order valence-corrected chi connectivity index (χ3v) is 2.02. The van der Waals surface area contributed by atoms with Gasteiger partial charge in [0.05, 0.1) is 5.56 Å². The van der Waals surface area contributed by atoms with E-state index in [1.165, 1.54) is 0 Å². The van der Waals surface area contributed by atoms with Gasteiger partial charge in [-0.25, -0.2) is 0 Å². The van der Waals surface area contributed by atoms with Crippen LogP contribution in [0.15, 0.2) is 54.6 Å². The highest BCUT2D eigenvalue weighted by Crippen LogP contribution is 2.13. The van der Waals surface area contributed by atoms with Gasteiger partial charge in [0.2, 0.25) is 0 Å². The molecule has 15 heavy (non-hydrogen) atoms. The quantitative estimate of drug-likeness (QED) is 0.639. The van der Waals surface area contributed by atoms with Crippen molar-refractivity contribution < 1.29 is 5.11 Å². The highest BCUT2D eigenvalue weighted by Gasteiger charge is 1.92. The first-order chi connectivity index (χ1) is 7.36. The van der Waals surface area contributed by atoms with Crippen LogP contribution in [-0.2, 0) is 0 Å². The minimum Gasteiger partial charge on any atom is -0.507 e. The first-order valence-electron chi connectivity index (χ1n) is 4.71. The third-order valence-electron chi connectivity index (χ3n) is 2.02. The summed E-state index contributed by atoms with van der Waals surface area (Å²) in [6, 6.07) is 16.8. The largest absolute Gasteiger partial charge is 0.507 e. The van der Waals surface area contributed by atoms with Crippen molar-refractivity contribution in [1.82, 2.24) is 0 Å². The minimum absolute atomic E-state index is 0.223. The predicted molar refractivity (Wildman–Crippen MR) is 60.5 cm³/mol. The predicted octanol–water partition coefficient (Wildman–Crippen LogP) is 2.79. The van der Waals surface area contributed by atoms with Crippen LogP contribution in [0.25, 0.3) is 0 Å². The SMILES string of the molecule is Oc1ccccc1C#Cc1ccccc1. The molecule has 2 rings (SSSR count). The fraction of sp³-hybridized carbons (Fsp3) is 0. The fourth-order valence-electron chi connectivity index (χ4n) is 1.24. The molecule has 0 saturated heterocycles. The van der Waals surface area contributed by atoms with E-state index in [1.807, 2.05) is 36.4 Å². The molecule has 0 heterocycles. The van der Waals surface area contributed by atoms with E-state index < -0.39 is 0 Å². The Kier molecular flexibility index (Phi) is 2.71. The summed E-state index contributed by atoms with van der Waals surface area (Å²) in [5.41, 5.74) is 1.60. The molecule has 0 aromatic heterocycles. The van der Waals surface area contributed by atoms with Gasteiger partial charge in [0.15, 0.2) is 0 Å². The van der Waals surface area contributed by atoms with Crippen molar-refractivity contribution in [2.24, 2.45) is 0 Å². The van der Waals surface area contributed by atoms with Gasteiger partial charge in [-0.1, -0.05) is 42.2 Å². The van der Waals surface area contributed by atoms with Gasteiger partial charge in [-0.05, 0) is 24.3 Å². The summed E-state index contributed by atoms with van der Waals surface area (Å²) in [5.74, 6) is 6.14. The molecule has 0 bridgehead atoms. The van der Waals surface area contributed by atoms with Crippen LogP contribution in [0.4, 0.5) is 0 Å². The molecule has 0 fully saturated rings. The number of hydrogen-bond acceptors (Lipinski definition) is 1. The van der Waals surface area contributed by atoms with Crippen LogP contribution in [0.3, 0.4) is 0 Å². The topological polar surface area (TPSA) is 20.2 Å². The Morgan fingerprint density at radius 3 is 2.13 bits per heavy atom. The van der Waals surface area contributed by atoms with E-state index in [0.717, 1.165) is 5.56 Å². The van der Waals surface area contributed by atoms with Crippen molar-refractivity contribution in [2.75, 3.05) is 0 Å². The highest BCUT2D eigenvalue weighted by atomic mass is 16.3. The van der Waals surface area contributed by atoms with Crippen LogP contribution < -0.4 is 0 Å². The molecule has 1 nitrogen and oxygen atoms in total. The molecule has 1 heteroatoms. The van der Waals surface area contributed by atoms with Gasteiger partial charge in [-0.3, -0.25) is 0 Å². The number of phenols is 1. The number of aromatic hydroxyl groups is 1. The monoisotopic (exact) mass is 194 g/mol. The Morgan fingerprint density at radius 2 is 1.40 bits per heavy atom. The summed E-state index contributed by atoms with van der Waals surface area (Å²) in [6.07, 6.45) is 0. The van der Waals surface area contributed by atoms with Crippen molar-refractivity contribution in [3.05, 3.63) is 65.7 Å². The number of para-hydroxylation sites is 1. The molecular weight excluding hydrogens is 184 g/mol. The van der Waals surface area contributed by atoms with E-state index in [-0.39, 0.29) is 5.75 Å². The average molecular weight is 194 g/mol. The molecule has 0 aliphatic heterocycles. The Labute approximate surface area is 89.0 Å². The lowest BCUT2D eigenvalue weighted by molar-refractivity contribution is 0.473. The maximum atomic E-state index is 9.49. The first kappa shape index (κ1) is 9.36. The molecule has 1 N–H and O–H groups in total. The van der Waals surface area contributed by atoms with E-state index in [1.54, 1.807) is 18.2 Å². The summed E-state index contributed by atoms with van der Waals surface area (Å²) in [6.45, 7) is 0. The molecular formula is C14H10O. The molecule has 0 amide bonds. The van der Waals surface area contributed by atoms with Crippen molar-refractivity contribution in [2.45, 2.75) is 0 Å². The van der Waals surface area contributed by atoms with Crippen molar-refractivity contribution in [3.63, 3.8) is 0 Å². The first-order valence-corrected chi connectivity index (χ1v) is 4.71. The van der Waals surface area contributed by atoms with Gasteiger partial charge in [0.1, 0.15) is 5.75 Å². The summed E-state index contributed by atoms with van der Waals surface area (Å²) in [5, 5.41) is 9.49. The molecule has 2 aromatic carbocycles. The Morgan fingerprint density at radius 1 is 0.733 bits per heavy atom. The zero-order valence-corrected chi connectivity index (χ0v) is 8.14. The second-order valence-corrected chi connectivity index (χ2v) is 3.13. The van der Waals surface area contributed by atoms with Crippen molar-refractivity contribution >= 4 is 0 Å². The lowest BCUT2D eigenvalue weighted by atomic mass is 10.1. The summed E-state index contributed by atoms with van der Waals surface area (Å²) in [7, 11) is 0. The minimum atomic E-state index is 0.223. The molecule has 0 atom stereocenters. The summed E-state index contributed by atoms with van der Waals surface area (Å²) < 4.78 is 0. The van der Waals surface area contributed by atoms with E-state index in [9.17, 15) is 5.11 Å². The van der Waals surface area contributed by atoms with Crippen LogP contribution in [0, 0.1) is 11.8 Å². The van der Waals surface area contributed by atoms with Crippen LogP contribution >= 0.6 is 0 Å². The maximum Gasteiger partial charge on any atom is 0.131 e. The van der Waals surface area contributed by atoms with Crippen LogP contribution in [0.5, 0.6) is 5.75 Å². The summed E-state index contributed by atoms with van der Waals surface area (Å²) in [4.78, 5) is 0. The van der Waals surface area contributed by atoms with Crippen LogP contribution in [0.1, 0.15) is 11.1 Å². The van der Waals surface area contributed by atoms with Gasteiger partial charge in [0, 0.05) is 5.56 Å². The maximum absolute atomic E-state index is 9.49. The number of phenolic OH excluding ortho intramolecular Hbond substituents is 1. The lowest BCUT2D eigenvalue weighted by Crippen LogP contribution is -1.76. The Bertz CT molecular complexity index is 504. The molecule has 0 saturated carbocycles. The zero-order valence-electron chi connectivity index (χ0n) is 8.14.